The highest BCUT2D eigenvalue weighted by Crippen LogP contribution is 2.42. The maximum absolute atomic E-state index is 10.7. The lowest BCUT2D eigenvalue weighted by molar-refractivity contribution is -0.138. The Balaban J connectivity index is 2.25. The Kier molecular flexibility index (Phi) is 3.35. The average molecular weight is 290 g/mol. The normalized spacial score (nSPS) is 21.8. The van der Waals surface area contributed by atoms with Crippen LogP contribution in [0.4, 0.5) is 0 Å². The molecule has 0 aliphatic carbocycles. The fourth-order valence-electron chi connectivity index (χ4n) is 1.60. The molecule has 2 rings (SSSR count). The number of methoxy groups -OCH3 is 1. The monoisotopic (exact) mass is 290 g/mol. The molecule has 1 aromatic rings. The smallest absolute Gasteiger partial charge is 0.446 e. The van der Waals surface area contributed by atoms with Gasteiger partial charge in [0.05, 0.1) is 7.11 Å². The molecule has 1 heterocycles. The maximum Gasteiger partial charge on any atom is 0.446 e. The zero-order valence-corrected chi connectivity index (χ0v) is 10.5. The molecule has 0 spiro atoms. The molecule has 1 aliphatic rings. The Bertz CT molecular complexity index is 608. The van der Waals surface area contributed by atoms with Gasteiger partial charge in [0.25, 0.3) is 0 Å². The molecule has 1 saturated heterocycles. The van der Waals surface area contributed by atoms with Crippen LogP contribution >= 0.6 is 0 Å². The average Bonchev–Trinajstić information content (AvgIpc) is 3.07. The zero-order valence-electron chi connectivity index (χ0n) is 9.64. The molecule has 2 atom stereocenters. The Labute approximate surface area is 108 Å². The van der Waals surface area contributed by atoms with Crippen molar-refractivity contribution < 1.29 is 36.5 Å². The van der Waals surface area contributed by atoms with Gasteiger partial charge < -0.3 is 18.8 Å². The van der Waals surface area contributed by atoms with E-state index in [1.807, 2.05) is 0 Å². The fourth-order valence-corrected chi connectivity index (χ4v) is 1.96. The van der Waals surface area contributed by atoms with Gasteiger partial charge in [0.1, 0.15) is 6.10 Å². The van der Waals surface area contributed by atoms with Crippen molar-refractivity contribution in [3.8, 4) is 11.5 Å². The molecule has 2 unspecified atom stereocenters. The highest BCUT2D eigenvalue weighted by atomic mass is 32.3. The van der Waals surface area contributed by atoms with Gasteiger partial charge in [0.15, 0.2) is 17.6 Å². The standard InChI is InChI=1S/C10H10O8S/c1-16-7-4-5(8-9(17-8)10(11)12)2-3-6(7)18-19(13,14)15/h2-4,8-9H,1H3,(H,11,12)(H,13,14,15). The van der Waals surface area contributed by atoms with Crippen molar-refractivity contribution in [1.82, 2.24) is 0 Å². The first-order chi connectivity index (χ1) is 8.81. The summed E-state index contributed by atoms with van der Waals surface area (Å²) < 4.78 is 44.0. The topological polar surface area (TPSA) is 123 Å². The quantitative estimate of drug-likeness (QED) is 0.590. The van der Waals surface area contributed by atoms with Crippen molar-refractivity contribution in [1.29, 1.82) is 0 Å². The molecular weight excluding hydrogens is 280 g/mol. The number of carboxylic acids is 1. The predicted octanol–water partition coefficient (Wildman–Crippen LogP) is 0.401. The molecule has 0 saturated carbocycles. The first-order valence-corrected chi connectivity index (χ1v) is 6.41. The van der Waals surface area contributed by atoms with E-state index in [0.717, 1.165) is 0 Å². The second-order valence-electron chi connectivity index (χ2n) is 3.74. The van der Waals surface area contributed by atoms with Gasteiger partial charge in [-0.2, -0.15) is 8.42 Å². The minimum absolute atomic E-state index is 0.0368. The van der Waals surface area contributed by atoms with E-state index in [-0.39, 0.29) is 11.5 Å². The molecule has 1 aliphatic heterocycles. The van der Waals surface area contributed by atoms with Crippen LogP contribution in [0.3, 0.4) is 0 Å². The van der Waals surface area contributed by atoms with E-state index < -0.39 is 28.6 Å². The number of ether oxygens (including phenoxy) is 2. The van der Waals surface area contributed by atoms with E-state index in [1.54, 1.807) is 0 Å². The Morgan fingerprint density at radius 3 is 2.53 bits per heavy atom. The van der Waals surface area contributed by atoms with Crippen molar-refractivity contribution in [2.45, 2.75) is 12.2 Å². The largest absolute Gasteiger partial charge is 0.493 e. The first kappa shape index (κ1) is 13.6. The minimum atomic E-state index is -4.66. The van der Waals surface area contributed by atoms with Crippen molar-refractivity contribution in [2.24, 2.45) is 0 Å². The number of rotatable bonds is 5. The van der Waals surface area contributed by atoms with E-state index in [4.69, 9.17) is 19.1 Å². The summed E-state index contributed by atoms with van der Waals surface area (Å²) in [5.74, 6) is -1.25. The van der Waals surface area contributed by atoms with Crippen LogP contribution in [-0.2, 0) is 19.9 Å². The lowest BCUT2D eigenvalue weighted by Gasteiger charge is -2.08. The lowest BCUT2D eigenvalue weighted by atomic mass is 10.1. The van der Waals surface area contributed by atoms with Crippen molar-refractivity contribution in [3.05, 3.63) is 23.8 Å². The molecule has 104 valence electrons. The van der Waals surface area contributed by atoms with Gasteiger partial charge in [-0.1, -0.05) is 6.07 Å². The number of hydrogen-bond donors (Lipinski definition) is 2. The maximum atomic E-state index is 10.7. The first-order valence-electron chi connectivity index (χ1n) is 5.05. The molecule has 1 fully saturated rings. The van der Waals surface area contributed by atoms with Crippen LogP contribution in [0.2, 0.25) is 0 Å². The number of epoxide rings is 1. The van der Waals surface area contributed by atoms with Gasteiger partial charge in [-0.15, -0.1) is 0 Å². The van der Waals surface area contributed by atoms with Crippen molar-refractivity contribution in [2.75, 3.05) is 7.11 Å². The van der Waals surface area contributed by atoms with Gasteiger partial charge in [0, 0.05) is 0 Å². The van der Waals surface area contributed by atoms with E-state index in [2.05, 4.69) is 4.18 Å². The van der Waals surface area contributed by atoms with E-state index >= 15 is 0 Å². The molecule has 1 aromatic carbocycles. The van der Waals surface area contributed by atoms with Gasteiger partial charge in [0.2, 0.25) is 0 Å². The van der Waals surface area contributed by atoms with Crippen LogP contribution in [-0.4, -0.2) is 37.3 Å². The second kappa shape index (κ2) is 4.68. The molecule has 0 aromatic heterocycles. The molecule has 0 amide bonds. The van der Waals surface area contributed by atoms with Crippen LogP contribution in [0.25, 0.3) is 0 Å². The van der Waals surface area contributed by atoms with E-state index in [0.29, 0.717) is 5.56 Å². The van der Waals surface area contributed by atoms with Gasteiger partial charge in [-0.3, -0.25) is 4.55 Å². The number of aliphatic carboxylic acids is 1. The second-order valence-corrected chi connectivity index (χ2v) is 4.76. The third kappa shape index (κ3) is 3.13. The van der Waals surface area contributed by atoms with E-state index in [9.17, 15) is 13.2 Å². The van der Waals surface area contributed by atoms with Gasteiger partial charge in [-0.05, 0) is 17.7 Å². The molecule has 8 nitrogen and oxygen atoms in total. The molecule has 9 heteroatoms. The Morgan fingerprint density at radius 2 is 2.05 bits per heavy atom. The molecule has 2 N–H and O–H groups in total. The third-order valence-electron chi connectivity index (χ3n) is 2.45. The number of carbonyl (C=O) groups is 1. The highest BCUT2D eigenvalue weighted by molar-refractivity contribution is 7.81. The summed E-state index contributed by atoms with van der Waals surface area (Å²) >= 11 is 0. The lowest BCUT2D eigenvalue weighted by Crippen LogP contribution is -2.08. The van der Waals surface area contributed by atoms with Crippen LogP contribution in [0.1, 0.15) is 11.7 Å². The number of benzene rings is 1. The summed E-state index contributed by atoms with van der Waals surface area (Å²) in [4.78, 5) is 10.7. The molecule has 19 heavy (non-hydrogen) atoms. The highest BCUT2D eigenvalue weighted by Gasteiger charge is 2.46. The number of hydrogen-bond acceptors (Lipinski definition) is 6. The summed E-state index contributed by atoms with van der Waals surface area (Å²) in [6.45, 7) is 0. The molecule has 0 bridgehead atoms. The summed E-state index contributed by atoms with van der Waals surface area (Å²) in [5.41, 5.74) is 0.506. The van der Waals surface area contributed by atoms with Crippen LogP contribution in [0.5, 0.6) is 11.5 Å². The summed E-state index contributed by atoms with van der Waals surface area (Å²) in [5, 5.41) is 8.73. The number of carboxylic acid groups (broad SMARTS) is 1. The molecular formula is C10H10O8S. The fraction of sp³-hybridized carbons (Fsp3) is 0.300. The van der Waals surface area contributed by atoms with Gasteiger partial charge >= 0.3 is 16.4 Å². The third-order valence-corrected chi connectivity index (χ3v) is 2.84. The summed E-state index contributed by atoms with van der Waals surface area (Å²) in [6.07, 6.45) is -1.52. The van der Waals surface area contributed by atoms with Crippen LogP contribution in [0.15, 0.2) is 18.2 Å². The van der Waals surface area contributed by atoms with Gasteiger partial charge in [-0.25, -0.2) is 4.79 Å². The van der Waals surface area contributed by atoms with Crippen LogP contribution < -0.4 is 8.92 Å². The summed E-state index contributed by atoms with van der Waals surface area (Å²) in [7, 11) is -3.38. The Morgan fingerprint density at radius 1 is 1.37 bits per heavy atom. The minimum Gasteiger partial charge on any atom is -0.493 e. The van der Waals surface area contributed by atoms with Crippen molar-refractivity contribution >= 4 is 16.4 Å². The Hall–Kier alpha value is -1.84. The summed E-state index contributed by atoms with van der Waals surface area (Å²) in [6, 6.07) is 4.05. The van der Waals surface area contributed by atoms with Crippen molar-refractivity contribution in [3.63, 3.8) is 0 Å². The van der Waals surface area contributed by atoms with Crippen LogP contribution in [0, 0.1) is 0 Å². The zero-order chi connectivity index (χ0) is 14.2. The van der Waals surface area contributed by atoms with E-state index in [1.165, 1.54) is 25.3 Å². The predicted molar refractivity (Wildman–Crippen MR) is 60.4 cm³/mol. The SMILES string of the molecule is COc1cc(C2OC2C(=O)O)ccc1OS(=O)(=O)O. The molecule has 0 radical (unpaired) electrons.